The van der Waals surface area contributed by atoms with Crippen LogP contribution in [0.4, 0.5) is 5.13 Å². The van der Waals surface area contributed by atoms with Gasteiger partial charge in [-0.1, -0.05) is 19.8 Å². The topological polar surface area (TPSA) is 58.0 Å². The third-order valence-corrected chi connectivity index (χ3v) is 4.27. The fourth-order valence-electron chi connectivity index (χ4n) is 2.43. The summed E-state index contributed by atoms with van der Waals surface area (Å²) in [6.45, 7) is 3.23. The first-order valence-electron chi connectivity index (χ1n) is 6.45. The molecule has 0 bridgehead atoms. The zero-order valence-corrected chi connectivity index (χ0v) is 11.2. The lowest BCUT2D eigenvalue weighted by Crippen LogP contribution is -2.30. The summed E-state index contributed by atoms with van der Waals surface area (Å²) in [6, 6.07) is 0. The molecule has 17 heavy (non-hydrogen) atoms. The Morgan fingerprint density at radius 3 is 2.82 bits per heavy atom. The highest BCUT2D eigenvalue weighted by Crippen LogP contribution is 2.37. The van der Waals surface area contributed by atoms with E-state index < -0.39 is 0 Å². The third-order valence-electron chi connectivity index (χ3n) is 3.56. The van der Waals surface area contributed by atoms with Crippen molar-refractivity contribution < 1.29 is 5.11 Å². The number of aromatic nitrogens is 2. The SMILES string of the molecule is CCCc1nsc(NCC2(CO)CCCC2)n1. The van der Waals surface area contributed by atoms with E-state index in [1.54, 1.807) is 0 Å². The van der Waals surface area contributed by atoms with Gasteiger partial charge in [-0.25, -0.2) is 4.98 Å². The van der Waals surface area contributed by atoms with E-state index >= 15 is 0 Å². The Balaban J connectivity index is 1.87. The number of rotatable bonds is 6. The molecule has 0 atom stereocenters. The van der Waals surface area contributed by atoms with Crippen LogP contribution >= 0.6 is 11.5 Å². The van der Waals surface area contributed by atoms with Crippen LogP contribution in [0.1, 0.15) is 44.9 Å². The highest BCUT2D eigenvalue weighted by atomic mass is 32.1. The molecule has 1 heterocycles. The van der Waals surface area contributed by atoms with E-state index in [0.717, 1.165) is 43.2 Å². The summed E-state index contributed by atoms with van der Waals surface area (Å²) < 4.78 is 4.31. The van der Waals surface area contributed by atoms with Gasteiger partial charge in [-0.3, -0.25) is 0 Å². The van der Waals surface area contributed by atoms with Gasteiger partial charge in [-0.2, -0.15) is 4.37 Å². The zero-order valence-electron chi connectivity index (χ0n) is 10.4. The van der Waals surface area contributed by atoms with Crippen LogP contribution in [0.5, 0.6) is 0 Å². The smallest absolute Gasteiger partial charge is 0.202 e. The Hall–Kier alpha value is -0.680. The minimum atomic E-state index is 0.0800. The Morgan fingerprint density at radius 1 is 1.41 bits per heavy atom. The van der Waals surface area contributed by atoms with Crippen LogP contribution in [0, 0.1) is 5.41 Å². The molecule has 1 aromatic heterocycles. The van der Waals surface area contributed by atoms with Gasteiger partial charge in [-0.15, -0.1) is 0 Å². The molecule has 1 saturated carbocycles. The summed E-state index contributed by atoms with van der Waals surface area (Å²) >= 11 is 1.43. The van der Waals surface area contributed by atoms with Crippen LogP contribution < -0.4 is 5.32 Å². The molecule has 1 aliphatic rings. The predicted molar refractivity (Wildman–Crippen MR) is 70.4 cm³/mol. The van der Waals surface area contributed by atoms with Crippen molar-refractivity contribution in [1.82, 2.24) is 9.36 Å². The molecule has 0 aliphatic heterocycles. The van der Waals surface area contributed by atoms with Gasteiger partial charge >= 0.3 is 0 Å². The van der Waals surface area contributed by atoms with Crippen molar-refractivity contribution in [1.29, 1.82) is 0 Å². The van der Waals surface area contributed by atoms with E-state index in [1.165, 1.54) is 24.4 Å². The molecule has 5 heteroatoms. The first-order chi connectivity index (χ1) is 8.28. The molecule has 1 aliphatic carbocycles. The number of aryl methyl sites for hydroxylation is 1. The molecule has 1 aromatic rings. The fraction of sp³-hybridized carbons (Fsp3) is 0.833. The van der Waals surface area contributed by atoms with Crippen molar-refractivity contribution >= 4 is 16.7 Å². The molecule has 0 spiro atoms. The van der Waals surface area contributed by atoms with E-state index in [1.807, 2.05) is 0 Å². The van der Waals surface area contributed by atoms with Gasteiger partial charge in [0.15, 0.2) is 0 Å². The van der Waals surface area contributed by atoms with Gasteiger partial charge in [0, 0.05) is 29.9 Å². The fourth-order valence-corrected chi connectivity index (χ4v) is 3.04. The first-order valence-corrected chi connectivity index (χ1v) is 7.23. The van der Waals surface area contributed by atoms with Crippen molar-refractivity contribution in [2.75, 3.05) is 18.5 Å². The number of nitrogens with zero attached hydrogens (tertiary/aromatic N) is 2. The highest BCUT2D eigenvalue weighted by molar-refractivity contribution is 7.09. The van der Waals surface area contributed by atoms with Crippen LogP contribution in [0.2, 0.25) is 0 Å². The van der Waals surface area contributed by atoms with Crippen LogP contribution in [-0.2, 0) is 6.42 Å². The number of aliphatic hydroxyl groups is 1. The largest absolute Gasteiger partial charge is 0.396 e. The summed E-state index contributed by atoms with van der Waals surface area (Å²) in [6.07, 6.45) is 6.74. The second-order valence-corrected chi connectivity index (χ2v) is 5.74. The van der Waals surface area contributed by atoms with Gasteiger partial charge in [0.1, 0.15) is 5.82 Å². The summed E-state index contributed by atoms with van der Waals surface area (Å²) in [5, 5.41) is 13.7. The number of nitrogens with one attached hydrogen (secondary N) is 1. The molecular formula is C12H21N3OS. The van der Waals surface area contributed by atoms with Crippen LogP contribution in [0.3, 0.4) is 0 Å². The van der Waals surface area contributed by atoms with Gasteiger partial charge in [0.25, 0.3) is 0 Å². The van der Waals surface area contributed by atoms with Crippen LogP contribution in [0.25, 0.3) is 0 Å². The van der Waals surface area contributed by atoms with Crippen molar-refractivity contribution in [2.24, 2.45) is 5.41 Å². The average molecular weight is 255 g/mol. The number of hydrogen-bond acceptors (Lipinski definition) is 5. The van der Waals surface area contributed by atoms with Crippen LogP contribution in [0.15, 0.2) is 0 Å². The minimum Gasteiger partial charge on any atom is -0.396 e. The maximum Gasteiger partial charge on any atom is 0.202 e. The maximum atomic E-state index is 9.51. The first kappa shape index (κ1) is 12.8. The van der Waals surface area contributed by atoms with E-state index in [9.17, 15) is 5.11 Å². The summed E-state index contributed by atoms with van der Waals surface area (Å²) in [5.41, 5.74) is 0.0800. The standard InChI is InChI=1S/C12H21N3OS/c1-2-5-10-14-11(17-15-10)13-8-12(9-16)6-3-4-7-12/h16H,2-9H2,1H3,(H,13,14,15). The molecule has 0 amide bonds. The zero-order chi connectivity index (χ0) is 12.1. The summed E-state index contributed by atoms with van der Waals surface area (Å²) in [5.74, 6) is 0.935. The lowest BCUT2D eigenvalue weighted by molar-refractivity contribution is 0.142. The number of anilines is 1. The molecule has 0 radical (unpaired) electrons. The molecule has 0 unspecified atom stereocenters. The Labute approximate surface area is 107 Å². The number of hydrogen-bond donors (Lipinski definition) is 2. The normalized spacial score (nSPS) is 18.5. The molecule has 2 N–H and O–H groups in total. The second kappa shape index (κ2) is 5.78. The maximum absolute atomic E-state index is 9.51. The Kier molecular flexibility index (Phi) is 4.34. The van der Waals surface area contributed by atoms with Crippen molar-refractivity contribution in [2.45, 2.75) is 45.4 Å². The summed E-state index contributed by atoms with van der Waals surface area (Å²) in [4.78, 5) is 4.44. The predicted octanol–water partition coefficient (Wildman–Crippen LogP) is 2.46. The molecule has 4 nitrogen and oxygen atoms in total. The van der Waals surface area contributed by atoms with Gasteiger partial charge in [0.2, 0.25) is 5.13 Å². The summed E-state index contributed by atoms with van der Waals surface area (Å²) in [7, 11) is 0. The van der Waals surface area contributed by atoms with Crippen molar-refractivity contribution in [3.8, 4) is 0 Å². The molecule has 0 saturated heterocycles. The average Bonchev–Trinajstić information content (AvgIpc) is 2.96. The third kappa shape index (κ3) is 3.16. The molecule has 1 fully saturated rings. The lowest BCUT2D eigenvalue weighted by Gasteiger charge is -2.26. The van der Waals surface area contributed by atoms with E-state index in [4.69, 9.17) is 0 Å². The molecule has 96 valence electrons. The quantitative estimate of drug-likeness (QED) is 0.820. The highest BCUT2D eigenvalue weighted by Gasteiger charge is 2.33. The monoisotopic (exact) mass is 255 g/mol. The molecular weight excluding hydrogens is 234 g/mol. The van der Waals surface area contributed by atoms with Gasteiger partial charge in [0.05, 0.1) is 6.61 Å². The Morgan fingerprint density at radius 2 is 2.18 bits per heavy atom. The van der Waals surface area contributed by atoms with Gasteiger partial charge in [-0.05, 0) is 19.3 Å². The van der Waals surface area contributed by atoms with Crippen molar-refractivity contribution in [3.63, 3.8) is 0 Å². The van der Waals surface area contributed by atoms with E-state index in [2.05, 4.69) is 21.6 Å². The van der Waals surface area contributed by atoms with Gasteiger partial charge < -0.3 is 10.4 Å². The number of aliphatic hydroxyl groups excluding tert-OH is 1. The lowest BCUT2D eigenvalue weighted by atomic mass is 9.87. The molecule has 2 rings (SSSR count). The minimum absolute atomic E-state index is 0.0800. The van der Waals surface area contributed by atoms with Crippen molar-refractivity contribution in [3.05, 3.63) is 5.82 Å². The molecule has 0 aromatic carbocycles. The van der Waals surface area contributed by atoms with E-state index in [0.29, 0.717) is 0 Å². The second-order valence-electron chi connectivity index (χ2n) is 4.98. The Bertz CT molecular complexity index is 347. The van der Waals surface area contributed by atoms with Crippen LogP contribution in [-0.4, -0.2) is 27.6 Å². The van der Waals surface area contributed by atoms with E-state index in [-0.39, 0.29) is 12.0 Å².